The van der Waals surface area contributed by atoms with Crippen LogP contribution >= 0.6 is 23.4 Å². The molecule has 1 aliphatic rings. The Labute approximate surface area is 184 Å². The molecule has 0 saturated carbocycles. The molecule has 0 radical (unpaired) electrons. The minimum atomic E-state index is -0.206. The number of carbonyl (C=O) groups is 2. The summed E-state index contributed by atoms with van der Waals surface area (Å²) in [5.41, 5.74) is 3.02. The van der Waals surface area contributed by atoms with Crippen molar-refractivity contribution in [3.8, 4) is 0 Å². The number of benzene rings is 3. The molecule has 3 aromatic rings. The van der Waals surface area contributed by atoms with Crippen molar-refractivity contribution in [1.29, 1.82) is 0 Å². The first-order valence-corrected chi connectivity index (χ1v) is 10.7. The molecular weight excluding hydrogens is 416 g/mol. The third kappa shape index (κ3) is 4.58. The van der Waals surface area contributed by atoms with Gasteiger partial charge in [-0.25, -0.2) is 0 Å². The average Bonchev–Trinajstić information content (AvgIpc) is 2.74. The lowest BCUT2D eigenvalue weighted by Gasteiger charge is -2.20. The molecule has 0 saturated heterocycles. The Morgan fingerprint density at radius 2 is 1.87 bits per heavy atom. The summed E-state index contributed by atoms with van der Waals surface area (Å²) >= 11 is 7.40. The Morgan fingerprint density at radius 3 is 2.63 bits per heavy atom. The van der Waals surface area contributed by atoms with E-state index in [9.17, 15) is 9.59 Å². The lowest BCUT2D eigenvalue weighted by atomic mass is 10.1. The number of anilines is 1. The van der Waals surface area contributed by atoms with Crippen LogP contribution in [0.25, 0.3) is 6.08 Å². The van der Waals surface area contributed by atoms with E-state index in [1.807, 2.05) is 55.5 Å². The summed E-state index contributed by atoms with van der Waals surface area (Å²) in [5, 5.41) is 6.50. The summed E-state index contributed by atoms with van der Waals surface area (Å²) in [6.45, 7) is 1.94. The molecule has 1 atom stereocenters. The van der Waals surface area contributed by atoms with Gasteiger partial charge in [0.1, 0.15) is 0 Å². The van der Waals surface area contributed by atoms with Crippen LogP contribution in [0.1, 0.15) is 34.5 Å². The minimum Gasteiger partial charge on any atom is -0.346 e. The van der Waals surface area contributed by atoms with E-state index in [2.05, 4.69) is 10.6 Å². The number of hydrogen-bond acceptors (Lipinski definition) is 3. The van der Waals surface area contributed by atoms with Crippen molar-refractivity contribution in [2.75, 3.05) is 5.32 Å². The molecule has 4 rings (SSSR count). The summed E-state index contributed by atoms with van der Waals surface area (Å²) in [6.07, 6.45) is 1.80. The highest BCUT2D eigenvalue weighted by atomic mass is 35.5. The molecular formula is C24H19ClN2O2S. The minimum absolute atomic E-state index is 0.120. The molecule has 1 aliphatic heterocycles. The smallest absolute Gasteiger partial charge is 0.262 e. The Morgan fingerprint density at radius 1 is 1.07 bits per heavy atom. The number of fused-ring (bicyclic) bond motifs is 1. The molecule has 2 N–H and O–H groups in total. The Hall–Kier alpha value is -3.02. The van der Waals surface area contributed by atoms with E-state index in [1.54, 1.807) is 30.3 Å². The summed E-state index contributed by atoms with van der Waals surface area (Å²) < 4.78 is 0. The van der Waals surface area contributed by atoms with Gasteiger partial charge in [-0.3, -0.25) is 9.59 Å². The predicted octanol–water partition coefficient (Wildman–Crippen LogP) is 5.92. The van der Waals surface area contributed by atoms with E-state index in [4.69, 9.17) is 11.6 Å². The van der Waals surface area contributed by atoms with Crippen molar-refractivity contribution in [1.82, 2.24) is 5.32 Å². The highest BCUT2D eigenvalue weighted by Gasteiger charge is 2.22. The van der Waals surface area contributed by atoms with E-state index in [-0.39, 0.29) is 17.9 Å². The molecule has 150 valence electrons. The highest BCUT2D eigenvalue weighted by molar-refractivity contribution is 8.04. The van der Waals surface area contributed by atoms with E-state index >= 15 is 0 Å². The zero-order valence-electron chi connectivity index (χ0n) is 16.2. The molecule has 30 heavy (non-hydrogen) atoms. The molecule has 0 aromatic heterocycles. The maximum Gasteiger partial charge on any atom is 0.262 e. The molecule has 1 heterocycles. The first-order chi connectivity index (χ1) is 14.5. The van der Waals surface area contributed by atoms with Gasteiger partial charge in [-0.1, -0.05) is 65.8 Å². The van der Waals surface area contributed by atoms with Crippen LogP contribution in [0.3, 0.4) is 0 Å². The monoisotopic (exact) mass is 434 g/mol. The van der Waals surface area contributed by atoms with Gasteiger partial charge in [0, 0.05) is 15.5 Å². The van der Waals surface area contributed by atoms with Gasteiger partial charge in [0.15, 0.2) is 0 Å². The number of halogens is 1. The molecule has 6 heteroatoms. The van der Waals surface area contributed by atoms with Crippen LogP contribution in [-0.4, -0.2) is 11.8 Å². The largest absolute Gasteiger partial charge is 0.346 e. The topological polar surface area (TPSA) is 58.2 Å². The van der Waals surface area contributed by atoms with Gasteiger partial charge in [0.2, 0.25) is 0 Å². The predicted molar refractivity (Wildman–Crippen MR) is 123 cm³/mol. The van der Waals surface area contributed by atoms with Gasteiger partial charge in [0.25, 0.3) is 11.8 Å². The van der Waals surface area contributed by atoms with E-state index < -0.39 is 0 Å². The number of thioether (sulfide) groups is 1. The van der Waals surface area contributed by atoms with Gasteiger partial charge in [-0.2, -0.15) is 0 Å². The fourth-order valence-electron chi connectivity index (χ4n) is 3.15. The fourth-order valence-corrected chi connectivity index (χ4v) is 4.28. The summed E-state index contributed by atoms with van der Waals surface area (Å²) in [5.74, 6) is -0.392. The second-order valence-electron chi connectivity index (χ2n) is 6.94. The summed E-state index contributed by atoms with van der Waals surface area (Å²) in [4.78, 5) is 26.7. The van der Waals surface area contributed by atoms with Crippen molar-refractivity contribution >= 4 is 46.9 Å². The molecule has 4 nitrogen and oxygen atoms in total. The molecule has 0 fully saturated rings. The third-order valence-electron chi connectivity index (χ3n) is 4.73. The first-order valence-electron chi connectivity index (χ1n) is 9.46. The quantitative estimate of drug-likeness (QED) is 0.501. The maximum absolute atomic E-state index is 12.7. The van der Waals surface area contributed by atoms with Crippen molar-refractivity contribution in [2.45, 2.75) is 17.9 Å². The summed E-state index contributed by atoms with van der Waals surface area (Å²) in [7, 11) is 0. The SMILES string of the molecule is CC(NC(=O)c1ccc2c(c1)NC(=O)C(=Cc1cccc(Cl)c1)S2)c1ccccc1. The maximum atomic E-state index is 12.7. The normalized spacial score (nSPS) is 15.3. The Balaban J connectivity index is 1.51. The molecule has 2 amide bonds. The van der Waals surface area contributed by atoms with Crippen molar-refractivity contribution < 1.29 is 9.59 Å². The highest BCUT2D eigenvalue weighted by Crippen LogP contribution is 2.39. The van der Waals surface area contributed by atoms with Crippen molar-refractivity contribution in [2.24, 2.45) is 0 Å². The number of amides is 2. The lowest BCUT2D eigenvalue weighted by Crippen LogP contribution is -2.27. The molecule has 0 bridgehead atoms. The second-order valence-corrected chi connectivity index (χ2v) is 8.46. The number of carbonyl (C=O) groups excluding carboxylic acids is 2. The summed E-state index contributed by atoms with van der Waals surface area (Å²) in [6, 6.07) is 22.3. The second kappa shape index (κ2) is 8.78. The average molecular weight is 435 g/mol. The third-order valence-corrected chi connectivity index (χ3v) is 6.06. The lowest BCUT2D eigenvalue weighted by molar-refractivity contribution is -0.112. The van der Waals surface area contributed by atoms with Crippen molar-refractivity contribution in [3.05, 3.63) is 99.4 Å². The van der Waals surface area contributed by atoms with Gasteiger partial charge < -0.3 is 10.6 Å². The molecule has 1 unspecified atom stereocenters. The zero-order valence-corrected chi connectivity index (χ0v) is 17.8. The fraction of sp³-hybridized carbons (Fsp3) is 0.0833. The van der Waals surface area contributed by atoms with Crippen LogP contribution < -0.4 is 10.6 Å². The van der Waals surface area contributed by atoms with Gasteiger partial charge in [-0.15, -0.1) is 0 Å². The zero-order chi connectivity index (χ0) is 21.1. The number of hydrogen-bond donors (Lipinski definition) is 2. The Kier molecular flexibility index (Phi) is 5.93. The van der Waals surface area contributed by atoms with Gasteiger partial charge in [-0.05, 0) is 54.5 Å². The first kappa shape index (κ1) is 20.3. The standard InChI is InChI=1S/C24H19ClN2O2S/c1-15(17-7-3-2-4-8-17)26-23(28)18-10-11-21-20(14-18)27-24(29)22(30-21)13-16-6-5-9-19(25)12-16/h2-15H,1H3,(H,26,28)(H,27,29). The molecule has 0 spiro atoms. The van der Waals surface area contributed by atoms with Crippen LogP contribution in [0.5, 0.6) is 0 Å². The van der Waals surface area contributed by atoms with E-state index in [0.717, 1.165) is 16.0 Å². The Bertz CT molecular complexity index is 1140. The van der Waals surface area contributed by atoms with Crippen LogP contribution in [0, 0.1) is 0 Å². The molecule has 0 aliphatic carbocycles. The van der Waals surface area contributed by atoms with Gasteiger partial charge in [0.05, 0.1) is 16.6 Å². The van der Waals surface area contributed by atoms with Gasteiger partial charge >= 0.3 is 0 Å². The van der Waals surface area contributed by atoms with Crippen LogP contribution in [0.15, 0.2) is 82.6 Å². The van der Waals surface area contributed by atoms with Crippen LogP contribution in [0.2, 0.25) is 5.02 Å². The van der Waals surface area contributed by atoms with E-state index in [0.29, 0.717) is 21.2 Å². The molecule has 3 aromatic carbocycles. The van der Waals surface area contributed by atoms with Crippen LogP contribution in [0.4, 0.5) is 5.69 Å². The van der Waals surface area contributed by atoms with Crippen LogP contribution in [-0.2, 0) is 4.79 Å². The number of nitrogens with one attached hydrogen (secondary N) is 2. The number of rotatable bonds is 4. The van der Waals surface area contributed by atoms with E-state index in [1.165, 1.54) is 11.8 Å². The van der Waals surface area contributed by atoms with Crippen molar-refractivity contribution in [3.63, 3.8) is 0 Å².